The molecule has 2 aliphatic heterocycles. The lowest BCUT2D eigenvalue weighted by Gasteiger charge is -2.27. The van der Waals surface area contributed by atoms with Crippen molar-refractivity contribution in [3.63, 3.8) is 0 Å². The highest BCUT2D eigenvalue weighted by Crippen LogP contribution is 2.37. The number of hydrogen-bond donors (Lipinski definition) is 3. The quantitative estimate of drug-likeness (QED) is 0.719. The zero-order valence-electron chi connectivity index (χ0n) is 13.7. The van der Waals surface area contributed by atoms with Gasteiger partial charge >= 0.3 is 5.97 Å². The van der Waals surface area contributed by atoms with Crippen LogP contribution in [-0.2, 0) is 4.79 Å². The topological polar surface area (TPSA) is 83.1 Å². The van der Waals surface area contributed by atoms with E-state index in [1.165, 1.54) is 12.8 Å². The lowest BCUT2D eigenvalue weighted by atomic mass is 10.0. The molecular weight excluding hydrogens is 310 g/mol. The maximum absolute atomic E-state index is 11.8. The van der Waals surface area contributed by atoms with E-state index in [0.717, 1.165) is 12.3 Å². The van der Waals surface area contributed by atoms with Gasteiger partial charge < -0.3 is 14.6 Å². The molecule has 3 atom stereocenters. The number of fused-ring (bicyclic) bond motifs is 1. The zero-order chi connectivity index (χ0) is 16.7. The van der Waals surface area contributed by atoms with E-state index in [1.54, 1.807) is 18.2 Å². The molecule has 7 nitrogen and oxygen atoms in total. The first-order valence-electron chi connectivity index (χ1n) is 8.45. The number of nitrogens with zero attached hydrogens (tertiary/aromatic N) is 1. The van der Waals surface area contributed by atoms with Crippen molar-refractivity contribution in [2.75, 3.05) is 20.4 Å². The summed E-state index contributed by atoms with van der Waals surface area (Å²) in [5.41, 5.74) is 7.38. The van der Waals surface area contributed by atoms with Crippen molar-refractivity contribution in [2.24, 2.45) is 5.92 Å². The van der Waals surface area contributed by atoms with E-state index in [4.69, 9.17) is 9.47 Å². The van der Waals surface area contributed by atoms with Gasteiger partial charge in [-0.05, 0) is 49.9 Å². The Kier molecular flexibility index (Phi) is 4.07. The smallest absolute Gasteiger partial charge is 0.325 e. The number of carboxylic acid groups (broad SMARTS) is 1. The van der Waals surface area contributed by atoms with E-state index in [-0.39, 0.29) is 12.8 Å². The fourth-order valence-corrected chi connectivity index (χ4v) is 3.70. The van der Waals surface area contributed by atoms with E-state index >= 15 is 0 Å². The van der Waals surface area contributed by atoms with Crippen molar-refractivity contribution in [3.8, 4) is 11.5 Å². The highest BCUT2D eigenvalue weighted by molar-refractivity contribution is 5.76. The Morgan fingerprint density at radius 1 is 1.33 bits per heavy atom. The molecule has 0 amide bonds. The van der Waals surface area contributed by atoms with Gasteiger partial charge in [0.15, 0.2) is 11.5 Å². The molecule has 1 aromatic carbocycles. The van der Waals surface area contributed by atoms with E-state index in [2.05, 4.69) is 10.9 Å². The minimum atomic E-state index is -0.860. The third-order valence-electron chi connectivity index (χ3n) is 5.10. The number of aliphatic carboxylic acids is 1. The first kappa shape index (κ1) is 15.7. The maximum atomic E-state index is 11.8. The summed E-state index contributed by atoms with van der Waals surface area (Å²) in [6.45, 7) is 0.855. The number of carbonyl (C=O) groups is 1. The molecule has 2 fully saturated rings. The van der Waals surface area contributed by atoms with Crippen molar-refractivity contribution in [3.05, 3.63) is 23.8 Å². The third-order valence-corrected chi connectivity index (χ3v) is 5.10. The molecule has 3 unspecified atom stereocenters. The summed E-state index contributed by atoms with van der Waals surface area (Å²) in [7, 11) is 1.86. The Hall–Kier alpha value is -1.83. The summed E-state index contributed by atoms with van der Waals surface area (Å²) in [6, 6.07) is 5.43. The molecule has 3 aliphatic rings. The number of benzene rings is 1. The molecule has 1 aromatic rings. The first-order chi connectivity index (χ1) is 11.6. The SMILES string of the molecule is CN(CC1CC(C2CC2)NN1)C(C(=O)O)c1ccc2c(c1)OCO2. The predicted molar refractivity (Wildman–Crippen MR) is 86.8 cm³/mol. The van der Waals surface area contributed by atoms with Crippen molar-refractivity contribution in [2.45, 2.75) is 37.4 Å². The molecule has 24 heavy (non-hydrogen) atoms. The lowest BCUT2D eigenvalue weighted by Crippen LogP contribution is -2.42. The standard InChI is InChI=1S/C17H23N3O4/c1-20(8-12-7-13(19-18-12)10-2-3-10)16(17(21)22)11-4-5-14-15(6-11)24-9-23-14/h4-6,10,12-13,16,18-19H,2-3,7-9H2,1H3,(H,21,22). The molecule has 1 saturated carbocycles. The van der Waals surface area contributed by atoms with Crippen LogP contribution < -0.4 is 20.3 Å². The van der Waals surface area contributed by atoms with Crippen LogP contribution in [0.1, 0.15) is 30.9 Å². The van der Waals surface area contributed by atoms with Crippen LogP contribution in [0.4, 0.5) is 0 Å². The highest BCUT2D eigenvalue weighted by atomic mass is 16.7. The number of rotatable bonds is 6. The molecule has 2 heterocycles. The molecule has 0 bridgehead atoms. The van der Waals surface area contributed by atoms with E-state index in [0.29, 0.717) is 29.6 Å². The zero-order valence-corrected chi connectivity index (χ0v) is 13.7. The molecule has 0 spiro atoms. The van der Waals surface area contributed by atoms with Gasteiger partial charge in [0.1, 0.15) is 6.04 Å². The van der Waals surface area contributed by atoms with Crippen LogP contribution in [-0.4, -0.2) is 48.4 Å². The molecule has 0 aromatic heterocycles. The Labute approximate surface area is 140 Å². The van der Waals surface area contributed by atoms with Crippen molar-refractivity contribution < 1.29 is 19.4 Å². The third kappa shape index (κ3) is 3.07. The first-order valence-corrected chi connectivity index (χ1v) is 8.45. The molecule has 130 valence electrons. The van der Waals surface area contributed by atoms with Crippen LogP contribution in [0, 0.1) is 5.92 Å². The van der Waals surface area contributed by atoms with Gasteiger partial charge in [0, 0.05) is 18.6 Å². The number of nitrogens with one attached hydrogen (secondary N) is 2. The average Bonchev–Trinajstić information content (AvgIpc) is 3.11. The Bertz CT molecular complexity index is 634. The van der Waals surface area contributed by atoms with E-state index in [9.17, 15) is 9.90 Å². The minimum absolute atomic E-state index is 0.187. The van der Waals surface area contributed by atoms with Gasteiger partial charge in [-0.25, -0.2) is 0 Å². The number of likely N-dealkylation sites (N-methyl/N-ethyl adjacent to an activating group) is 1. The molecule has 7 heteroatoms. The second kappa shape index (κ2) is 6.23. The molecule has 0 radical (unpaired) electrons. The van der Waals surface area contributed by atoms with Gasteiger partial charge in [-0.1, -0.05) is 6.07 Å². The average molecular weight is 333 g/mol. The van der Waals surface area contributed by atoms with Crippen LogP contribution in [0.5, 0.6) is 11.5 Å². The monoisotopic (exact) mass is 333 g/mol. The summed E-state index contributed by atoms with van der Waals surface area (Å²) in [5, 5.41) is 9.72. The number of carboxylic acids is 1. The number of ether oxygens (including phenoxy) is 2. The Morgan fingerprint density at radius 2 is 2.12 bits per heavy atom. The fraction of sp³-hybridized carbons (Fsp3) is 0.588. The summed E-state index contributed by atoms with van der Waals surface area (Å²) in [4.78, 5) is 13.7. The molecule has 1 aliphatic carbocycles. The predicted octanol–water partition coefficient (Wildman–Crippen LogP) is 1.12. The van der Waals surface area contributed by atoms with Crippen molar-refractivity contribution in [1.82, 2.24) is 15.8 Å². The molecule has 4 rings (SSSR count). The van der Waals surface area contributed by atoms with Gasteiger partial charge in [0.05, 0.1) is 0 Å². The molecular formula is C17H23N3O4. The van der Waals surface area contributed by atoms with Gasteiger partial charge in [-0.3, -0.25) is 20.5 Å². The second-order valence-corrected chi connectivity index (χ2v) is 6.96. The number of hydrazine groups is 1. The highest BCUT2D eigenvalue weighted by Gasteiger charge is 2.37. The summed E-state index contributed by atoms with van der Waals surface area (Å²) < 4.78 is 10.7. The van der Waals surface area contributed by atoms with Crippen LogP contribution in [0.3, 0.4) is 0 Å². The fourth-order valence-electron chi connectivity index (χ4n) is 3.70. The molecule has 1 saturated heterocycles. The van der Waals surface area contributed by atoms with Crippen LogP contribution >= 0.6 is 0 Å². The summed E-state index contributed by atoms with van der Waals surface area (Å²) in [5.74, 6) is 1.21. The Balaban J connectivity index is 1.45. The second-order valence-electron chi connectivity index (χ2n) is 6.96. The molecule has 3 N–H and O–H groups in total. The van der Waals surface area contributed by atoms with Crippen molar-refractivity contribution >= 4 is 5.97 Å². The van der Waals surface area contributed by atoms with Crippen LogP contribution in [0.2, 0.25) is 0 Å². The summed E-state index contributed by atoms with van der Waals surface area (Å²) in [6.07, 6.45) is 3.65. The van der Waals surface area contributed by atoms with Gasteiger partial charge in [-0.15, -0.1) is 0 Å². The largest absolute Gasteiger partial charge is 0.480 e. The van der Waals surface area contributed by atoms with Crippen LogP contribution in [0.15, 0.2) is 18.2 Å². The van der Waals surface area contributed by atoms with Gasteiger partial charge in [0.2, 0.25) is 6.79 Å². The van der Waals surface area contributed by atoms with E-state index < -0.39 is 12.0 Å². The Morgan fingerprint density at radius 3 is 2.88 bits per heavy atom. The normalized spacial score (nSPS) is 26.8. The summed E-state index contributed by atoms with van der Waals surface area (Å²) >= 11 is 0. The van der Waals surface area contributed by atoms with E-state index in [1.807, 2.05) is 11.9 Å². The van der Waals surface area contributed by atoms with Crippen molar-refractivity contribution in [1.29, 1.82) is 0 Å². The van der Waals surface area contributed by atoms with Gasteiger partial charge in [0.25, 0.3) is 0 Å². The lowest BCUT2D eigenvalue weighted by molar-refractivity contribution is -0.143. The number of hydrogen-bond acceptors (Lipinski definition) is 6. The van der Waals surface area contributed by atoms with Gasteiger partial charge in [-0.2, -0.15) is 0 Å². The maximum Gasteiger partial charge on any atom is 0.325 e. The van der Waals surface area contributed by atoms with Crippen LogP contribution in [0.25, 0.3) is 0 Å². The minimum Gasteiger partial charge on any atom is -0.480 e.